The molecule has 1 aliphatic carbocycles. The maximum atomic E-state index is 12.6. The lowest BCUT2D eigenvalue weighted by molar-refractivity contribution is 0.0958. The molecule has 1 aliphatic rings. The minimum absolute atomic E-state index is 0.0248. The van der Waals surface area contributed by atoms with Crippen LogP contribution >= 0.6 is 0 Å². The lowest BCUT2D eigenvalue weighted by Crippen LogP contribution is -2.17. The van der Waals surface area contributed by atoms with Crippen molar-refractivity contribution in [2.75, 3.05) is 7.11 Å². The fraction of sp³-hybridized carbons (Fsp3) is 0.235. The van der Waals surface area contributed by atoms with Crippen LogP contribution < -0.4 is 4.74 Å². The number of fused-ring (bicyclic) bond motifs is 3. The number of phenols is 2. The van der Waals surface area contributed by atoms with Crippen LogP contribution in [0.15, 0.2) is 33.3 Å². The van der Waals surface area contributed by atoms with Gasteiger partial charge in [0.25, 0.3) is 0 Å². The number of hydrogen-bond acceptors (Lipinski definition) is 6. The number of ketones is 1. The van der Waals surface area contributed by atoms with Crippen molar-refractivity contribution >= 4 is 16.8 Å². The zero-order chi connectivity index (χ0) is 16.1. The lowest BCUT2D eigenvalue weighted by atomic mass is 9.85. The molecule has 0 fully saturated rings. The molecule has 2 heterocycles. The molecular formula is C17H14O6. The first-order chi connectivity index (χ1) is 11.1. The molecule has 118 valence electrons. The van der Waals surface area contributed by atoms with Gasteiger partial charge < -0.3 is 23.8 Å². The maximum absolute atomic E-state index is 12.6. The quantitative estimate of drug-likeness (QED) is 0.705. The average molecular weight is 314 g/mol. The summed E-state index contributed by atoms with van der Waals surface area (Å²) in [7, 11) is 1.36. The van der Waals surface area contributed by atoms with Crippen LogP contribution in [-0.4, -0.2) is 23.1 Å². The largest absolute Gasteiger partial charge is 0.504 e. The van der Waals surface area contributed by atoms with E-state index in [0.717, 1.165) is 5.76 Å². The summed E-state index contributed by atoms with van der Waals surface area (Å²) in [6.45, 7) is 0. The van der Waals surface area contributed by atoms with Crippen molar-refractivity contribution in [1.29, 1.82) is 0 Å². The molecule has 6 heteroatoms. The molecule has 1 aromatic carbocycles. The highest BCUT2D eigenvalue weighted by atomic mass is 16.5. The standard InChI is InChI=1S/C17H14O6/c1-21-17-15(20)11(19)7-9-14-10(18)5-8(12-3-2-4-22-12)6-13(14)23-16(9)17/h2-4,7-8,19-20H,5-6H2,1H3. The van der Waals surface area contributed by atoms with Gasteiger partial charge in [0.05, 0.1) is 18.9 Å². The van der Waals surface area contributed by atoms with Gasteiger partial charge in [-0.05, 0) is 18.2 Å². The van der Waals surface area contributed by atoms with Crippen LogP contribution in [-0.2, 0) is 6.42 Å². The number of carbonyl (C=O) groups is 1. The van der Waals surface area contributed by atoms with E-state index in [2.05, 4.69) is 0 Å². The molecule has 23 heavy (non-hydrogen) atoms. The number of aromatic hydroxyl groups is 2. The third-order valence-corrected chi connectivity index (χ3v) is 4.26. The Morgan fingerprint density at radius 3 is 2.83 bits per heavy atom. The number of hydrogen-bond donors (Lipinski definition) is 2. The third-order valence-electron chi connectivity index (χ3n) is 4.26. The summed E-state index contributed by atoms with van der Waals surface area (Å²) in [6.07, 6.45) is 2.39. The first kappa shape index (κ1) is 13.8. The van der Waals surface area contributed by atoms with Gasteiger partial charge in [-0.1, -0.05) is 0 Å². The number of carbonyl (C=O) groups excluding carboxylic acids is 1. The topological polar surface area (TPSA) is 93.0 Å². The predicted octanol–water partition coefficient (Wildman–Crippen LogP) is 3.36. The van der Waals surface area contributed by atoms with Crippen molar-refractivity contribution in [3.05, 3.63) is 41.5 Å². The Bertz CT molecular complexity index is 903. The molecule has 2 aromatic heterocycles. The number of ether oxygens (including phenoxy) is 1. The van der Waals surface area contributed by atoms with E-state index in [-0.39, 0.29) is 28.8 Å². The van der Waals surface area contributed by atoms with Crippen LogP contribution in [0, 0.1) is 0 Å². The summed E-state index contributed by atoms with van der Waals surface area (Å²) in [4.78, 5) is 12.6. The first-order valence-corrected chi connectivity index (χ1v) is 7.21. The molecule has 6 nitrogen and oxygen atoms in total. The summed E-state index contributed by atoms with van der Waals surface area (Å²) < 4.78 is 16.3. The van der Waals surface area contributed by atoms with Crippen LogP contribution in [0.3, 0.4) is 0 Å². The van der Waals surface area contributed by atoms with Crippen molar-refractivity contribution in [3.63, 3.8) is 0 Å². The van der Waals surface area contributed by atoms with E-state index in [4.69, 9.17) is 13.6 Å². The Balaban J connectivity index is 1.91. The number of phenolic OH excluding ortho intramolecular Hbond substituents is 2. The van der Waals surface area contributed by atoms with Gasteiger partial charge in [-0.3, -0.25) is 4.79 Å². The summed E-state index contributed by atoms with van der Waals surface area (Å²) in [5.41, 5.74) is 0.706. The third kappa shape index (κ3) is 1.91. The molecule has 1 unspecified atom stereocenters. The number of Topliss-reactive ketones (excluding diaryl/α,β-unsaturated/α-hetero) is 1. The zero-order valence-corrected chi connectivity index (χ0v) is 12.3. The average Bonchev–Trinajstić information content (AvgIpc) is 3.16. The van der Waals surface area contributed by atoms with Gasteiger partial charge in [-0.25, -0.2) is 0 Å². The van der Waals surface area contributed by atoms with Crippen LogP contribution in [0.25, 0.3) is 11.0 Å². The smallest absolute Gasteiger partial charge is 0.208 e. The molecule has 0 aliphatic heterocycles. The molecule has 0 radical (unpaired) electrons. The van der Waals surface area contributed by atoms with E-state index in [9.17, 15) is 15.0 Å². The summed E-state index contributed by atoms with van der Waals surface area (Å²) in [5.74, 6) is 0.358. The van der Waals surface area contributed by atoms with Crippen molar-refractivity contribution in [1.82, 2.24) is 0 Å². The Kier molecular flexibility index (Phi) is 2.87. The van der Waals surface area contributed by atoms with Crippen molar-refractivity contribution in [2.24, 2.45) is 0 Å². The van der Waals surface area contributed by atoms with E-state index in [1.165, 1.54) is 13.2 Å². The number of rotatable bonds is 2. The molecule has 3 aromatic rings. The molecule has 2 N–H and O–H groups in total. The Hall–Kier alpha value is -2.89. The fourth-order valence-electron chi connectivity index (χ4n) is 3.21. The second kappa shape index (κ2) is 4.81. The van der Waals surface area contributed by atoms with Crippen molar-refractivity contribution in [3.8, 4) is 17.2 Å². The minimum atomic E-state index is -0.402. The first-order valence-electron chi connectivity index (χ1n) is 7.21. The SMILES string of the molecule is COc1c(O)c(O)cc2c3c(oc12)CC(c1ccco1)CC3=O. The zero-order valence-electron chi connectivity index (χ0n) is 12.3. The number of methoxy groups -OCH3 is 1. The molecule has 4 rings (SSSR count). The summed E-state index contributed by atoms with van der Waals surface area (Å²) in [5, 5.41) is 20.2. The van der Waals surface area contributed by atoms with Gasteiger partial charge in [0.1, 0.15) is 11.5 Å². The van der Waals surface area contributed by atoms with Crippen molar-refractivity contribution < 1.29 is 28.6 Å². The highest BCUT2D eigenvalue weighted by molar-refractivity contribution is 6.11. The molecular weight excluding hydrogens is 300 g/mol. The van der Waals surface area contributed by atoms with Gasteiger partial charge in [-0.15, -0.1) is 0 Å². The van der Waals surface area contributed by atoms with Crippen molar-refractivity contribution in [2.45, 2.75) is 18.8 Å². The second-order valence-electron chi connectivity index (χ2n) is 5.60. The van der Waals surface area contributed by atoms with Crippen LogP contribution in [0.2, 0.25) is 0 Å². The molecule has 1 atom stereocenters. The Morgan fingerprint density at radius 1 is 1.30 bits per heavy atom. The van der Waals surface area contributed by atoms with E-state index < -0.39 is 5.75 Å². The van der Waals surface area contributed by atoms with E-state index in [1.807, 2.05) is 6.07 Å². The molecule has 0 amide bonds. The number of furan rings is 2. The van der Waals surface area contributed by atoms with Gasteiger partial charge in [0, 0.05) is 24.1 Å². The van der Waals surface area contributed by atoms with Gasteiger partial charge in [0.15, 0.2) is 17.1 Å². The van der Waals surface area contributed by atoms with Crippen LogP contribution in [0.4, 0.5) is 0 Å². The number of benzene rings is 1. The Labute approximate surface area is 130 Å². The van der Waals surface area contributed by atoms with Crippen LogP contribution in [0.5, 0.6) is 17.2 Å². The van der Waals surface area contributed by atoms with E-state index in [1.54, 1.807) is 12.3 Å². The highest BCUT2D eigenvalue weighted by Crippen LogP contribution is 2.47. The predicted molar refractivity (Wildman–Crippen MR) is 80.2 cm³/mol. The van der Waals surface area contributed by atoms with Gasteiger partial charge in [0.2, 0.25) is 11.5 Å². The second-order valence-corrected chi connectivity index (χ2v) is 5.60. The van der Waals surface area contributed by atoms with Crippen LogP contribution in [0.1, 0.15) is 34.2 Å². The maximum Gasteiger partial charge on any atom is 0.208 e. The Morgan fingerprint density at radius 2 is 2.13 bits per heavy atom. The highest BCUT2D eigenvalue weighted by Gasteiger charge is 2.34. The molecule has 0 bridgehead atoms. The summed E-state index contributed by atoms with van der Waals surface area (Å²) >= 11 is 0. The monoisotopic (exact) mass is 314 g/mol. The molecule has 0 spiro atoms. The van der Waals surface area contributed by atoms with Gasteiger partial charge in [-0.2, -0.15) is 0 Å². The summed E-state index contributed by atoms with van der Waals surface area (Å²) in [6, 6.07) is 4.96. The normalized spacial score (nSPS) is 17.4. The lowest BCUT2D eigenvalue weighted by Gasteiger charge is -2.18. The molecule has 0 saturated heterocycles. The van der Waals surface area contributed by atoms with Gasteiger partial charge >= 0.3 is 0 Å². The fourth-order valence-corrected chi connectivity index (χ4v) is 3.21. The van der Waals surface area contributed by atoms with E-state index >= 15 is 0 Å². The van der Waals surface area contributed by atoms with E-state index in [0.29, 0.717) is 29.6 Å². The minimum Gasteiger partial charge on any atom is -0.504 e. The molecule has 0 saturated carbocycles.